The van der Waals surface area contributed by atoms with Crippen LogP contribution in [0.4, 0.5) is 0 Å². The van der Waals surface area contributed by atoms with Crippen molar-refractivity contribution < 1.29 is 18.0 Å². The van der Waals surface area contributed by atoms with E-state index in [4.69, 9.17) is 0 Å². The molecule has 1 aromatic heterocycles. The van der Waals surface area contributed by atoms with Crippen LogP contribution in [-0.2, 0) is 16.4 Å². The van der Waals surface area contributed by atoms with E-state index in [1.165, 1.54) is 23.9 Å². The number of ketones is 1. The van der Waals surface area contributed by atoms with Crippen LogP contribution < -0.4 is 10.9 Å². The number of hydrogen-bond donors (Lipinski definition) is 1. The molecule has 7 nitrogen and oxygen atoms in total. The highest BCUT2D eigenvalue weighted by Crippen LogP contribution is 2.23. The molecule has 0 radical (unpaired) electrons. The monoisotopic (exact) mass is 416 g/mol. The molecule has 3 rings (SSSR count). The third-order valence-electron chi connectivity index (χ3n) is 5.18. The Morgan fingerprint density at radius 2 is 1.93 bits per heavy atom. The van der Waals surface area contributed by atoms with Crippen molar-refractivity contribution >= 4 is 21.5 Å². The Morgan fingerprint density at radius 3 is 2.55 bits per heavy atom. The topological polar surface area (TPSA) is 102 Å². The molecule has 0 saturated carbocycles. The molecule has 0 spiro atoms. The van der Waals surface area contributed by atoms with Crippen molar-refractivity contribution in [3.63, 3.8) is 0 Å². The van der Waals surface area contributed by atoms with Gasteiger partial charge in [-0.15, -0.1) is 0 Å². The number of sulfone groups is 1. The second kappa shape index (κ2) is 8.73. The van der Waals surface area contributed by atoms with E-state index in [-0.39, 0.29) is 47.3 Å². The van der Waals surface area contributed by atoms with E-state index in [2.05, 4.69) is 5.32 Å². The minimum atomic E-state index is -2.99. The number of carbonyl (C=O) groups excluding carboxylic acids is 2. The van der Waals surface area contributed by atoms with E-state index in [0.717, 1.165) is 5.56 Å². The summed E-state index contributed by atoms with van der Waals surface area (Å²) in [5.41, 5.74) is 0.600. The molecule has 2 aromatic rings. The van der Waals surface area contributed by atoms with E-state index in [9.17, 15) is 22.8 Å². The molecule has 1 saturated heterocycles. The normalized spacial score (nSPS) is 17.8. The molecule has 1 unspecified atom stereocenters. The third kappa shape index (κ3) is 5.20. The van der Waals surface area contributed by atoms with E-state index in [1.54, 1.807) is 0 Å². The van der Waals surface area contributed by atoms with Gasteiger partial charge in [0, 0.05) is 25.2 Å². The first-order chi connectivity index (χ1) is 13.8. The Labute approximate surface area is 169 Å². The molecule has 1 aliphatic rings. The van der Waals surface area contributed by atoms with Crippen molar-refractivity contribution in [2.45, 2.75) is 25.8 Å². The van der Waals surface area contributed by atoms with Crippen LogP contribution in [-0.4, -0.2) is 43.2 Å². The van der Waals surface area contributed by atoms with Gasteiger partial charge in [0.2, 0.25) is 0 Å². The number of benzene rings is 1. The fraction of sp³-hybridized carbons (Fsp3) is 0.381. The molecule has 1 fully saturated rings. The summed E-state index contributed by atoms with van der Waals surface area (Å²) in [6.45, 7) is 0.242. The summed E-state index contributed by atoms with van der Waals surface area (Å²) in [6.07, 6.45) is 2.71. The molecular weight excluding hydrogens is 392 g/mol. The largest absolute Gasteiger partial charge is 0.355 e. The van der Waals surface area contributed by atoms with Gasteiger partial charge in [0.25, 0.3) is 11.5 Å². The van der Waals surface area contributed by atoms with E-state index in [0.29, 0.717) is 12.8 Å². The number of aromatic nitrogens is 1. The molecular formula is C21H24N2O5S. The van der Waals surface area contributed by atoms with Gasteiger partial charge in [0.15, 0.2) is 15.6 Å². The van der Waals surface area contributed by atoms with Crippen LogP contribution in [0.25, 0.3) is 0 Å². The number of rotatable bonds is 7. The van der Waals surface area contributed by atoms with Crippen LogP contribution in [0.15, 0.2) is 47.4 Å². The Bertz CT molecular complexity index is 1070. The molecule has 8 heteroatoms. The Balaban J connectivity index is 1.85. The van der Waals surface area contributed by atoms with Crippen LogP contribution >= 0.6 is 0 Å². The molecule has 0 bridgehead atoms. The highest BCUT2D eigenvalue weighted by atomic mass is 32.2. The molecule has 2 heterocycles. The molecule has 29 heavy (non-hydrogen) atoms. The second-order valence-corrected chi connectivity index (χ2v) is 9.60. The van der Waals surface area contributed by atoms with Gasteiger partial charge >= 0.3 is 0 Å². The summed E-state index contributed by atoms with van der Waals surface area (Å²) in [5.74, 6) is -0.474. The summed E-state index contributed by atoms with van der Waals surface area (Å²) < 4.78 is 24.6. The van der Waals surface area contributed by atoms with Crippen molar-refractivity contribution in [3.8, 4) is 0 Å². The first-order valence-electron chi connectivity index (χ1n) is 9.53. The lowest BCUT2D eigenvalue weighted by molar-refractivity contribution is 0.0961. The number of amides is 1. The van der Waals surface area contributed by atoms with Crippen LogP contribution in [0.3, 0.4) is 0 Å². The van der Waals surface area contributed by atoms with Crippen molar-refractivity contribution in [1.82, 2.24) is 9.88 Å². The highest BCUT2D eigenvalue weighted by Gasteiger charge is 2.28. The summed E-state index contributed by atoms with van der Waals surface area (Å²) in [6, 6.07) is 10.6. The second-order valence-electron chi connectivity index (χ2n) is 7.37. The average Bonchev–Trinajstić information content (AvgIpc) is 3.06. The summed E-state index contributed by atoms with van der Waals surface area (Å²) in [4.78, 5) is 37.6. The molecule has 1 aromatic carbocycles. The minimum Gasteiger partial charge on any atom is -0.355 e. The lowest BCUT2D eigenvalue weighted by Gasteiger charge is -2.12. The van der Waals surface area contributed by atoms with Gasteiger partial charge in [-0.2, -0.15) is 0 Å². The van der Waals surface area contributed by atoms with Crippen LogP contribution in [0.5, 0.6) is 0 Å². The van der Waals surface area contributed by atoms with Crippen molar-refractivity contribution in [3.05, 3.63) is 69.6 Å². The van der Waals surface area contributed by atoms with Gasteiger partial charge < -0.3 is 9.88 Å². The van der Waals surface area contributed by atoms with Crippen LogP contribution in [0.2, 0.25) is 0 Å². The molecule has 1 N–H and O–H groups in total. The molecule has 1 amide bonds. The lowest BCUT2D eigenvalue weighted by Crippen LogP contribution is -2.32. The Hall–Kier alpha value is -2.74. The zero-order valence-corrected chi connectivity index (χ0v) is 17.1. The quantitative estimate of drug-likeness (QED) is 0.692. The zero-order valence-electron chi connectivity index (χ0n) is 16.3. The van der Waals surface area contributed by atoms with Gasteiger partial charge in [-0.05, 0) is 30.4 Å². The molecule has 1 atom stereocenters. The predicted octanol–water partition coefficient (Wildman–Crippen LogP) is 1.65. The number of carbonyl (C=O) groups is 2. The van der Waals surface area contributed by atoms with Gasteiger partial charge in [0.05, 0.1) is 18.1 Å². The minimum absolute atomic E-state index is 0.0161. The number of Topliss-reactive ketones (excluding diaryl/α,β-unsaturated/α-hetero) is 1. The summed E-state index contributed by atoms with van der Waals surface area (Å²) in [7, 11) is -1.56. The maximum atomic E-state index is 12.7. The standard InChI is InChI=1S/C21H24N2O5S/c1-22-20(25)18-11-17(19(24)8-7-16-9-10-29(27,28)14-16)13-23(21(18)26)12-15-5-3-2-4-6-15/h2-6,11,13,16H,7-10,12,14H2,1H3,(H,22,25). The number of pyridine rings is 1. The number of nitrogens with one attached hydrogen (secondary N) is 1. The zero-order chi connectivity index (χ0) is 21.0. The van der Waals surface area contributed by atoms with Crippen LogP contribution in [0.1, 0.15) is 45.5 Å². The van der Waals surface area contributed by atoms with Gasteiger partial charge in [0.1, 0.15) is 5.56 Å². The van der Waals surface area contributed by atoms with E-state index in [1.807, 2.05) is 30.3 Å². The van der Waals surface area contributed by atoms with Gasteiger partial charge in [-0.3, -0.25) is 14.4 Å². The lowest BCUT2D eigenvalue weighted by atomic mass is 9.98. The smallest absolute Gasteiger partial charge is 0.263 e. The van der Waals surface area contributed by atoms with E-state index < -0.39 is 21.3 Å². The Morgan fingerprint density at radius 1 is 1.21 bits per heavy atom. The Kier molecular flexibility index (Phi) is 6.32. The maximum Gasteiger partial charge on any atom is 0.263 e. The third-order valence-corrected chi connectivity index (χ3v) is 7.02. The maximum absolute atomic E-state index is 12.7. The number of nitrogens with zero attached hydrogens (tertiary/aromatic N) is 1. The number of hydrogen-bond acceptors (Lipinski definition) is 5. The highest BCUT2D eigenvalue weighted by molar-refractivity contribution is 7.91. The molecule has 0 aliphatic carbocycles. The first kappa shape index (κ1) is 21.0. The summed E-state index contributed by atoms with van der Waals surface area (Å²) in [5, 5.41) is 2.43. The van der Waals surface area contributed by atoms with Crippen molar-refractivity contribution in [1.29, 1.82) is 0 Å². The van der Waals surface area contributed by atoms with Gasteiger partial charge in [-0.25, -0.2) is 8.42 Å². The summed E-state index contributed by atoms with van der Waals surface area (Å²) >= 11 is 0. The SMILES string of the molecule is CNC(=O)c1cc(C(=O)CCC2CCS(=O)(=O)C2)cn(Cc2ccccc2)c1=O. The fourth-order valence-corrected chi connectivity index (χ4v) is 5.47. The first-order valence-corrected chi connectivity index (χ1v) is 11.4. The fourth-order valence-electron chi connectivity index (χ4n) is 3.56. The van der Waals surface area contributed by atoms with Gasteiger partial charge in [-0.1, -0.05) is 30.3 Å². The molecule has 154 valence electrons. The predicted molar refractivity (Wildman–Crippen MR) is 110 cm³/mol. The van der Waals surface area contributed by atoms with E-state index >= 15 is 0 Å². The average molecular weight is 416 g/mol. The molecule has 1 aliphatic heterocycles. The van der Waals surface area contributed by atoms with Crippen molar-refractivity contribution in [2.24, 2.45) is 5.92 Å². The van der Waals surface area contributed by atoms with Crippen molar-refractivity contribution in [2.75, 3.05) is 18.6 Å². The van der Waals surface area contributed by atoms with Crippen LogP contribution in [0, 0.1) is 5.92 Å².